The Morgan fingerprint density at radius 2 is 1.72 bits per heavy atom. The first-order valence-corrected chi connectivity index (χ1v) is 9.76. The van der Waals surface area contributed by atoms with Crippen LogP contribution in [0.25, 0.3) is 0 Å². The van der Waals surface area contributed by atoms with E-state index in [-0.39, 0.29) is 30.3 Å². The van der Waals surface area contributed by atoms with Crippen molar-refractivity contribution in [2.75, 3.05) is 5.75 Å². The van der Waals surface area contributed by atoms with Gasteiger partial charge < -0.3 is 15.2 Å². The van der Waals surface area contributed by atoms with Gasteiger partial charge in [-0.05, 0) is 33.6 Å². The monoisotopic (exact) mass is 369 g/mol. The van der Waals surface area contributed by atoms with Crippen molar-refractivity contribution in [3.8, 4) is 0 Å². The van der Waals surface area contributed by atoms with Crippen LogP contribution in [0.5, 0.6) is 0 Å². The molecule has 0 fully saturated rings. The number of nitrogens with two attached hydrogens (primary N) is 1. The molecule has 1 aromatic heterocycles. The smallest absolute Gasteiger partial charge is 0.233 e. The summed E-state index contributed by atoms with van der Waals surface area (Å²) in [5.41, 5.74) is 5.23. The molecule has 2 N–H and O–H groups in total. The summed E-state index contributed by atoms with van der Waals surface area (Å²) in [6.07, 6.45) is 0.710. The maximum atomic E-state index is 12.5. The molecule has 0 unspecified atom stereocenters. The predicted octanol–water partition coefficient (Wildman–Crippen LogP) is 2.09. The van der Waals surface area contributed by atoms with Gasteiger partial charge in [0.15, 0.2) is 5.16 Å². The minimum atomic E-state index is -0.354. The normalized spacial score (nSPS) is 11.6. The van der Waals surface area contributed by atoms with Crippen LogP contribution in [0.3, 0.4) is 0 Å². The van der Waals surface area contributed by atoms with Crippen LogP contribution in [0.2, 0.25) is 0 Å². The Morgan fingerprint density at radius 1 is 1.12 bits per heavy atom. The van der Waals surface area contributed by atoms with Gasteiger partial charge in [-0.3, -0.25) is 9.59 Å². The minimum absolute atomic E-state index is 0.0905. The zero-order valence-corrected chi connectivity index (χ0v) is 17.0. The van der Waals surface area contributed by atoms with Crippen LogP contribution < -0.4 is 5.73 Å². The lowest BCUT2D eigenvalue weighted by Gasteiger charge is -2.30. The lowest BCUT2D eigenvalue weighted by Crippen LogP contribution is -2.43. The zero-order valence-electron chi connectivity index (χ0n) is 16.2. The minimum Gasteiger partial charge on any atom is -0.370 e. The molecule has 1 heterocycles. The van der Waals surface area contributed by atoms with Gasteiger partial charge in [0, 0.05) is 31.5 Å². The van der Waals surface area contributed by atoms with E-state index in [1.165, 1.54) is 11.8 Å². The lowest BCUT2D eigenvalue weighted by molar-refractivity contribution is -0.131. The molecule has 2 amide bonds. The highest BCUT2D eigenvalue weighted by Gasteiger charge is 2.22. The Morgan fingerprint density at radius 3 is 2.20 bits per heavy atom. The van der Waals surface area contributed by atoms with E-state index < -0.39 is 0 Å². The van der Waals surface area contributed by atoms with Crippen LogP contribution in [0, 0.1) is 5.92 Å². The number of amides is 2. The van der Waals surface area contributed by atoms with Crippen molar-refractivity contribution >= 4 is 23.6 Å². The Labute approximate surface area is 154 Å². The summed E-state index contributed by atoms with van der Waals surface area (Å²) in [6, 6.07) is 0.320. The quantitative estimate of drug-likeness (QED) is 0.637. The number of rotatable bonds is 10. The number of aryl methyl sites for hydroxylation is 1. The van der Waals surface area contributed by atoms with Gasteiger partial charge in [-0.25, -0.2) is 0 Å². The molecule has 7 nitrogen and oxygen atoms in total. The molecule has 0 aliphatic heterocycles. The SMILES string of the molecule is CC(C)Cn1c(CCC(N)=O)nnc1SCC(=O)N(C(C)C)C(C)C. The maximum Gasteiger partial charge on any atom is 0.233 e. The highest BCUT2D eigenvalue weighted by molar-refractivity contribution is 7.99. The van der Waals surface area contributed by atoms with Crippen molar-refractivity contribution in [1.29, 1.82) is 0 Å². The Hall–Kier alpha value is -1.57. The lowest BCUT2D eigenvalue weighted by atomic mass is 10.2. The molecule has 0 atom stereocenters. The second-order valence-electron chi connectivity index (χ2n) is 7.15. The summed E-state index contributed by atoms with van der Waals surface area (Å²) in [5.74, 6) is 1.21. The molecule has 8 heteroatoms. The Kier molecular flexibility index (Phi) is 8.41. The Bertz CT molecular complexity index is 576. The van der Waals surface area contributed by atoms with E-state index in [0.29, 0.717) is 23.2 Å². The summed E-state index contributed by atoms with van der Waals surface area (Å²) < 4.78 is 2.00. The number of primary amides is 1. The Balaban J connectivity index is 2.86. The molecule has 0 aromatic carbocycles. The van der Waals surface area contributed by atoms with E-state index in [4.69, 9.17) is 5.73 Å². The molecular weight excluding hydrogens is 338 g/mol. The number of thioether (sulfide) groups is 1. The standard InChI is InChI=1S/C17H31N5O2S/c1-11(2)9-21-15(8-7-14(18)23)19-20-17(21)25-10-16(24)22(12(3)4)13(5)6/h11-13H,7-10H2,1-6H3,(H2,18,23). The second kappa shape index (κ2) is 9.79. The topological polar surface area (TPSA) is 94.1 Å². The fourth-order valence-electron chi connectivity index (χ4n) is 2.77. The van der Waals surface area contributed by atoms with E-state index in [9.17, 15) is 9.59 Å². The zero-order chi connectivity index (χ0) is 19.1. The summed E-state index contributed by atoms with van der Waals surface area (Å²) >= 11 is 1.40. The van der Waals surface area contributed by atoms with Crippen LogP contribution >= 0.6 is 11.8 Å². The van der Waals surface area contributed by atoms with Gasteiger partial charge in [0.2, 0.25) is 11.8 Å². The summed E-state index contributed by atoms with van der Waals surface area (Å²) in [6.45, 7) is 13.0. The number of hydrogen-bond acceptors (Lipinski definition) is 5. The van der Waals surface area contributed by atoms with Gasteiger partial charge >= 0.3 is 0 Å². The molecule has 0 aliphatic rings. The van der Waals surface area contributed by atoms with Crippen molar-refractivity contribution in [3.05, 3.63) is 5.82 Å². The van der Waals surface area contributed by atoms with Crippen molar-refractivity contribution in [2.45, 2.75) is 78.2 Å². The molecule has 0 radical (unpaired) electrons. The van der Waals surface area contributed by atoms with Crippen molar-refractivity contribution in [2.24, 2.45) is 11.7 Å². The van der Waals surface area contributed by atoms with Gasteiger partial charge in [-0.15, -0.1) is 10.2 Å². The number of aromatic nitrogens is 3. The summed E-state index contributed by atoms with van der Waals surface area (Å²) in [5, 5.41) is 9.13. The molecule has 0 saturated carbocycles. The second-order valence-corrected chi connectivity index (χ2v) is 8.09. The fourth-order valence-corrected chi connectivity index (χ4v) is 3.60. The van der Waals surface area contributed by atoms with Crippen molar-refractivity contribution in [3.63, 3.8) is 0 Å². The summed E-state index contributed by atoms with van der Waals surface area (Å²) in [7, 11) is 0. The highest BCUT2D eigenvalue weighted by atomic mass is 32.2. The van der Waals surface area contributed by atoms with Crippen LogP contribution in [0.4, 0.5) is 0 Å². The molecule has 1 rings (SSSR count). The summed E-state index contributed by atoms with van der Waals surface area (Å²) in [4.78, 5) is 25.5. The molecule has 1 aromatic rings. The van der Waals surface area contributed by atoms with E-state index >= 15 is 0 Å². The van der Waals surface area contributed by atoms with E-state index in [2.05, 4.69) is 24.0 Å². The number of nitrogens with zero attached hydrogens (tertiary/aromatic N) is 4. The first kappa shape index (κ1) is 21.5. The number of hydrogen-bond donors (Lipinski definition) is 1. The van der Waals surface area contributed by atoms with Crippen LogP contribution in [0.1, 0.15) is 53.8 Å². The molecular formula is C17H31N5O2S. The van der Waals surface area contributed by atoms with E-state index in [1.807, 2.05) is 37.2 Å². The largest absolute Gasteiger partial charge is 0.370 e. The van der Waals surface area contributed by atoms with Crippen LogP contribution in [0.15, 0.2) is 5.16 Å². The van der Waals surface area contributed by atoms with Crippen LogP contribution in [-0.4, -0.2) is 49.3 Å². The van der Waals surface area contributed by atoms with Gasteiger partial charge in [0.25, 0.3) is 0 Å². The first-order valence-electron chi connectivity index (χ1n) is 8.77. The van der Waals surface area contributed by atoms with Gasteiger partial charge in [-0.1, -0.05) is 25.6 Å². The third-order valence-electron chi connectivity index (χ3n) is 3.66. The third kappa shape index (κ3) is 6.68. The predicted molar refractivity (Wildman–Crippen MR) is 100 cm³/mol. The first-order chi connectivity index (χ1) is 11.6. The fraction of sp³-hybridized carbons (Fsp3) is 0.765. The number of carbonyl (C=O) groups excluding carboxylic acids is 2. The molecule has 0 saturated heterocycles. The van der Waals surface area contributed by atoms with Gasteiger partial charge in [0.05, 0.1) is 5.75 Å². The van der Waals surface area contributed by atoms with Crippen molar-refractivity contribution in [1.82, 2.24) is 19.7 Å². The molecule has 142 valence electrons. The van der Waals surface area contributed by atoms with Gasteiger partial charge in [0.1, 0.15) is 5.82 Å². The molecule has 0 bridgehead atoms. The molecule has 0 spiro atoms. The van der Waals surface area contributed by atoms with Crippen LogP contribution in [-0.2, 0) is 22.6 Å². The third-order valence-corrected chi connectivity index (χ3v) is 4.61. The molecule has 0 aliphatic carbocycles. The van der Waals surface area contributed by atoms with Gasteiger partial charge in [-0.2, -0.15) is 0 Å². The van der Waals surface area contributed by atoms with E-state index in [0.717, 1.165) is 12.4 Å². The average Bonchev–Trinajstić information content (AvgIpc) is 2.83. The number of carbonyl (C=O) groups is 2. The maximum absolute atomic E-state index is 12.5. The highest BCUT2D eigenvalue weighted by Crippen LogP contribution is 2.21. The molecule has 25 heavy (non-hydrogen) atoms. The average molecular weight is 370 g/mol. The van der Waals surface area contributed by atoms with Crippen molar-refractivity contribution < 1.29 is 9.59 Å². The van der Waals surface area contributed by atoms with E-state index in [1.54, 1.807) is 0 Å².